The molecule has 2 atom stereocenters. The second kappa shape index (κ2) is 5.93. The van der Waals surface area contributed by atoms with Gasteiger partial charge < -0.3 is 18.9 Å². The minimum absolute atomic E-state index is 0.0208. The van der Waals surface area contributed by atoms with Crippen molar-refractivity contribution < 1.29 is 18.9 Å². The lowest BCUT2D eigenvalue weighted by atomic mass is 10.2. The zero-order valence-electron chi connectivity index (χ0n) is 7.86. The van der Waals surface area contributed by atoms with Gasteiger partial charge in [0, 0.05) is 14.2 Å². The Morgan fingerprint density at radius 3 is 1.85 bits per heavy atom. The topological polar surface area (TPSA) is 36.9 Å². The monoisotopic (exact) mass is 254 g/mol. The molecular weight excluding hydrogens is 240 g/mol. The Hall–Kier alpha value is 0.320. The average Bonchev–Trinajstić information content (AvgIpc) is 2.50. The minimum Gasteiger partial charge on any atom is -0.382 e. The molecule has 0 radical (unpaired) electrons. The van der Waals surface area contributed by atoms with Crippen LogP contribution in [0.25, 0.3) is 0 Å². The molecule has 0 unspecified atom stereocenters. The molecule has 13 heavy (non-hydrogen) atoms. The second-order valence-corrected chi connectivity index (χ2v) is 3.49. The van der Waals surface area contributed by atoms with E-state index in [2.05, 4.69) is 15.9 Å². The summed E-state index contributed by atoms with van der Waals surface area (Å²) in [5.74, 6) is 0. The van der Waals surface area contributed by atoms with E-state index in [0.717, 1.165) is 0 Å². The molecule has 1 saturated heterocycles. The average molecular weight is 255 g/mol. The highest BCUT2D eigenvalue weighted by Gasteiger charge is 2.35. The van der Waals surface area contributed by atoms with Crippen LogP contribution in [0.1, 0.15) is 0 Å². The van der Waals surface area contributed by atoms with Crippen LogP contribution in [0.4, 0.5) is 0 Å². The van der Waals surface area contributed by atoms with Gasteiger partial charge in [0.2, 0.25) is 0 Å². The molecule has 1 heterocycles. The predicted octanol–water partition coefficient (Wildman–Crippen LogP) is 0.784. The van der Waals surface area contributed by atoms with Crippen LogP contribution in [-0.2, 0) is 18.9 Å². The smallest absolute Gasteiger partial charge is 0.168 e. The Labute approximate surface area is 86.6 Å². The molecule has 0 bridgehead atoms. The molecule has 78 valence electrons. The maximum Gasteiger partial charge on any atom is 0.168 e. The van der Waals surface area contributed by atoms with Crippen LogP contribution in [0.5, 0.6) is 0 Å². The molecule has 1 rings (SSSR count). The Morgan fingerprint density at radius 1 is 1.08 bits per heavy atom. The largest absolute Gasteiger partial charge is 0.382 e. The van der Waals surface area contributed by atoms with Crippen LogP contribution in [0, 0.1) is 0 Å². The van der Waals surface area contributed by atoms with Crippen molar-refractivity contribution in [3.63, 3.8) is 0 Å². The van der Waals surface area contributed by atoms with Crippen molar-refractivity contribution in [3.8, 4) is 0 Å². The third kappa shape index (κ3) is 3.18. The fourth-order valence-corrected chi connectivity index (χ4v) is 1.60. The fourth-order valence-electron chi connectivity index (χ4n) is 1.29. The molecule has 0 aromatic carbocycles. The molecule has 0 aliphatic carbocycles. The van der Waals surface area contributed by atoms with Gasteiger partial charge in [-0.05, 0) is 0 Å². The van der Waals surface area contributed by atoms with E-state index in [1.54, 1.807) is 14.2 Å². The third-order valence-electron chi connectivity index (χ3n) is 1.86. The van der Waals surface area contributed by atoms with Crippen molar-refractivity contribution in [1.29, 1.82) is 0 Å². The summed E-state index contributed by atoms with van der Waals surface area (Å²) < 4.78 is 21.1. The van der Waals surface area contributed by atoms with Gasteiger partial charge in [-0.2, -0.15) is 0 Å². The van der Waals surface area contributed by atoms with Gasteiger partial charge in [0.25, 0.3) is 0 Å². The van der Waals surface area contributed by atoms with Gasteiger partial charge in [-0.1, -0.05) is 15.9 Å². The van der Waals surface area contributed by atoms with Gasteiger partial charge in [-0.25, -0.2) is 0 Å². The van der Waals surface area contributed by atoms with Crippen LogP contribution in [0.3, 0.4) is 0 Å². The first kappa shape index (κ1) is 11.4. The second-order valence-electron chi connectivity index (χ2n) is 2.84. The minimum atomic E-state index is -0.180. The van der Waals surface area contributed by atoms with Crippen LogP contribution < -0.4 is 0 Å². The van der Waals surface area contributed by atoms with E-state index in [4.69, 9.17) is 18.9 Å². The number of ether oxygens (including phenoxy) is 4. The Morgan fingerprint density at radius 2 is 1.54 bits per heavy atom. The predicted molar refractivity (Wildman–Crippen MR) is 51.1 cm³/mol. The molecule has 0 N–H and O–H groups in total. The Bertz CT molecular complexity index is 130. The first-order chi connectivity index (χ1) is 6.31. The molecule has 0 saturated carbocycles. The first-order valence-electron chi connectivity index (χ1n) is 4.16. The van der Waals surface area contributed by atoms with Crippen molar-refractivity contribution in [2.75, 3.05) is 32.8 Å². The lowest BCUT2D eigenvalue weighted by Crippen LogP contribution is -2.30. The molecule has 1 aliphatic heterocycles. The Kier molecular flexibility index (Phi) is 5.20. The van der Waals surface area contributed by atoms with Crippen molar-refractivity contribution in [1.82, 2.24) is 0 Å². The summed E-state index contributed by atoms with van der Waals surface area (Å²) in [5, 5.41) is 0.674. The number of alkyl halides is 1. The maximum atomic E-state index is 5.54. The van der Waals surface area contributed by atoms with Crippen molar-refractivity contribution in [2.24, 2.45) is 0 Å². The van der Waals surface area contributed by atoms with Gasteiger partial charge in [0.05, 0.1) is 18.5 Å². The van der Waals surface area contributed by atoms with E-state index < -0.39 is 0 Å². The van der Waals surface area contributed by atoms with Crippen LogP contribution >= 0.6 is 15.9 Å². The van der Waals surface area contributed by atoms with Gasteiger partial charge in [0.1, 0.15) is 12.2 Å². The summed E-state index contributed by atoms with van der Waals surface area (Å²) in [6, 6.07) is 0. The van der Waals surface area contributed by atoms with Crippen LogP contribution in [0.2, 0.25) is 0 Å². The first-order valence-corrected chi connectivity index (χ1v) is 5.28. The van der Waals surface area contributed by atoms with Crippen LogP contribution in [0.15, 0.2) is 0 Å². The molecule has 5 heteroatoms. The number of methoxy groups -OCH3 is 2. The molecule has 0 aromatic rings. The number of hydrogen-bond donors (Lipinski definition) is 0. The van der Waals surface area contributed by atoms with Crippen LogP contribution in [-0.4, -0.2) is 51.3 Å². The fraction of sp³-hybridized carbons (Fsp3) is 1.00. The van der Waals surface area contributed by atoms with E-state index in [1.807, 2.05) is 0 Å². The number of hydrogen-bond acceptors (Lipinski definition) is 4. The molecule has 1 aliphatic rings. The summed E-state index contributed by atoms with van der Waals surface area (Å²) in [7, 11) is 3.30. The van der Waals surface area contributed by atoms with E-state index in [0.29, 0.717) is 18.5 Å². The zero-order valence-corrected chi connectivity index (χ0v) is 9.45. The zero-order chi connectivity index (χ0) is 9.68. The molecule has 0 amide bonds. The van der Waals surface area contributed by atoms with Gasteiger partial charge in [0.15, 0.2) is 6.29 Å². The molecule has 0 spiro atoms. The van der Waals surface area contributed by atoms with Gasteiger partial charge in [-0.15, -0.1) is 0 Å². The lowest BCUT2D eigenvalue weighted by Gasteiger charge is -2.14. The highest BCUT2D eigenvalue weighted by Crippen LogP contribution is 2.20. The molecular formula is C8H15BrO4. The van der Waals surface area contributed by atoms with Gasteiger partial charge >= 0.3 is 0 Å². The highest BCUT2D eigenvalue weighted by atomic mass is 79.9. The third-order valence-corrected chi connectivity index (χ3v) is 2.38. The summed E-state index contributed by atoms with van der Waals surface area (Å²) >= 11 is 3.30. The quantitative estimate of drug-likeness (QED) is 0.680. The van der Waals surface area contributed by atoms with E-state index in [1.165, 1.54) is 0 Å². The SMILES string of the molecule is COC[C@@H]1OC(CBr)O[C@H]1COC. The molecule has 4 nitrogen and oxygen atoms in total. The molecule has 0 aromatic heterocycles. The van der Waals surface area contributed by atoms with Crippen molar-refractivity contribution >= 4 is 15.9 Å². The summed E-state index contributed by atoms with van der Waals surface area (Å²) in [5.41, 5.74) is 0. The normalized spacial score (nSPS) is 29.8. The highest BCUT2D eigenvalue weighted by molar-refractivity contribution is 9.09. The lowest BCUT2D eigenvalue weighted by molar-refractivity contribution is -0.0585. The maximum absolute atomic E-state index is 5.54. The Balaban J connectivity index is 2.39. The summed E-state index contributed by atoms with van der Waals surface area (Å²) in [6.07, 6.45) is -0.222. The number of rotatable bonds is 5. The van der Waals surface area contributed by atoms with E-state index >= 15 is 0 Å². The molecule has 1 fully saturated rings. The summed E-state index contributed by atoms with van der Waals surface area (Å²) in [6.45, 7) is 1.08. The van der Waals surface area contributed by atoms with Gasteiger partial charge in [-0.3, -0.25) is 0 Å². The van der Waals surface area contributed by atoms with Crippen molar-refractivity contribution in [3.05, 3.63) is 0 Å². The van der Waals surface area contributed by atoms with E-state index in [9.17, 15) is 0 Å². The standard InChI is InChI=1S/C8H15BrO4/c1-10-4-6-7(5-11-2)13-8(3-9)12-6/h6-8H,3-5H2,1-2H3/t6-,7-/m0/s1. The van der Waals surface area contributed by atoms with Crippen molar-refractivity contribution in [2.45, 2.75) is 18.5 Å². The van der Waals surface area contributed by atoms with E-state index in [-0.39, 0.29) is 18.5 Å². The summed E-state index contributed by atoms with van der Waals surface area (Å²) in [4.78, 5) is 0. The number of halogens is 1.